The van der Waals surface area contributed by atoms with Crippen LogP contribution in [0, 0.1) is 5.41 Å². The Morgan fingerprint density at radius 1 is 1.12 bits per heavy atom. The van der Waals surface area contributed by atoms with Crippen LogP contribution in [0.1, 0.15) is 43.0 Å². The maximum atomic E-state index is 13.2. The highest BCUT2D eigenvalue weighted by Gasteiger charge is 2.42. The highest BCUT2D eigenvalue weighted by Crippen LogP contribution is 2.48. The van der Waals surface area contributed by atoms with Crippen molar-refractivity contribution in [2.75, 3.05) is 19.8 Å². The summed E-state index contributed by atoms with van der Waals surface area (Å²) in [6, 6.07) is 9.26. The van der Waals surface area contributed by atoms with Crippen molar-refractivity contribution in [1.29, 1.82) is 0 Å². The average Bonchev–Trinajstić information content (AvgIpc) is 3.22. The van der Waals surface area contributed by atoms with Crippen molar-refractivity contribution in [1.82, 2.24) is 15.2 Å². The molecule has 0 bridgehead atoms. The molecule has 2 heterocycles. The number of hydrogen-bond donors (Lipinski definition) is 2. The van der Waals surface area contributed by atoms with Gasteiger partial charge in [0.1, 0.15) is 12.8 Å². The highest BCUT2D eigenvalue weighted by atomic mass is 19.3. The molecule has 1 aromatic carbocycles. The number of amides is 1. The number of alkyl halides is 3. The number of aliphatic hydroxyl groups is 1. The summed E-state index contributed by atoms with van der Waals surface area (Å²) in [6.45, 7) is 1.98. The largest absolute Gasteiger partial charge is 0.386 e. The van der Waals surface area contributed by atoms with Crippen LogP contribution in [0.25, 0.3) is 11.1 Å². The van der Waals surface area contributed by atoms with E-state index in [0.29, 0.717) is 11.0 Å². The zero-order valence-electron chi connectivity index (χ0n) is 17.8. The number of carbonyl (C=O) groups is 1. The second kappa shape index (κ2) is 9.58. The molecule has 5 nitrogen and oxygen atoms in total. The summed E-state index contributed by atoms with van der Waals surface area (Å²) in [5, 5.41) is 12.1. The molecule has 1 saturated carbocycles. The van der Waals surface area contributed by atoms with E-state index in [1.165, 1.54) is 25.7 Å². The Morgan fingerprint density at radius 2 is 1.84 bits per heavy atom. The summed E-state index contributed by atoms with van der Waals surface area (Å²) in [5.41, 5.74) is 3.69. The van der Waals surface area contributed by atoms with Gasteiger partial charge in [-0.2, -0.15) is 8.78 Å². The highest BCUT2D eigenvalue weighted by molar-refractivity contribution is 5.79. The molecule has 1 aliphatic carbocycles. The average molecular weight is 448 g/mol. The standard InChI is InChI=1S/C24H28F3N3O2/c25-12-20(29-23(32)22(26)27)21(31)17-4-2-16(3-5-17)18-6-7-19(28-13-18)14-30-11-10-24(15-30)8-1-9-24/h2-7,13,20-22,31H,1,8-12,14-15H2,(H,29,32)/t20-,21-/m1/s1. The molecule has 2 aromatic rings. The van der Waals surface area contributed by atoms with E-state index in [0.717, 1.165) is 36.5 Å². The number of rotatable bonds is 8. The van der Waals surface area contributed by atoms with Gasteiger partial charge in [0.05, 0.1) is 11.7 Å². The number of carbonyl (C=O) groups excluding carboxylic acids is 1. The number of aromatic nitrogens is 1. The van der Waals surface area contributed by atoms with Crippen molar-refractivity contribution in [2.24, 2.45) is 5.41 Å². The predicted molar refractivity (Wildman–Crippen MR) is 115 cm³/mol. The summed E-state index contributed by atoms with van der Waals surface area (Å²) in [6.07, 6.45) is 2.46. The molecule has 4 rings (SSSR count). The summed E-state index contributed by atoms with van der Waals surface area (Å²) in [5.74, 6) is -1.61. The van der Waals surface area contributed by atoms with E-state index in [2.05, 4.69) is 9.88 Å². The van der Waals surface area contributed by atoms with E-state index >= 15 is 0 Å². The van der Waals surface area contributed by atoms with Crippen LogP contribution in [0.4, 0.5) is 13.2 Å². The lowest BCUT2D eigenvalue weighted by Gasteiger charge is -2.38. The first-order valence-electron chi connectivity index (χ1n) is 11.0. The van der Waals surface area contributed by atoms with Crippen LogP contribution in [0.5, 0.6) is 0 Å². The van der Waals surface area contributed by atoms with Gasteiger partial charge in [0, 0.05) is 24.8 Å². The fraction of sp³-hybridized carbons (Fsp3) is 0.500. The number of halogens is 3. The van der Waals surface area contributed by atoms with Gasteiger partial charge in [0.2, 0.25) is 0 Å². The molecule has 0 radical (unpaired) electrons. The van der Waals surface area contributed by atoms with Gasteiger partial charge >= 0.3 is 6.43 Å². The van der Waals surface area contributed by atoms with Crippen molar-refractivity contribution < 1.29 is 23.1 Å². The van der Waals surface area contributed by atoms with E-state index in [4.69, 9.17) is 0 Å². The minimum absolute atomic E-state index is 0.328. The Hall–Kier alpha value is -2.45. The molecule has 2 fully saturated rings. The van der Waals surface area contributed by atoms with Crippen molar-refractivity contribution in [3.8, 4) is 11.1 Å². The molecule has 172 valence electrons. The molecular formula is C24H28F3N3O2. The number of likely N-dealkylation sites (tertiary alicyclic amines) is 1. The Morgan fingerprint density at radius 3 is 2.38 bits per heavy atom. The topological polar surface area (TPSA) is 65.5 Å². The van der Waals surface area contributed by atoms with Gasteiger partial charge in [-0.15, -0.1) is 0 Å². The SMILES string of the molecule is O=C(N[C@H](CF)[C@H](O)c1ccc(-c2ccc(CN3CCC4(CCC4)C3)nc2)cc1)C(F)F. The molecular weight excluding hydrogens is 419 g/mol. The molecule has 0 unspecified atom stereocenters. The van der Waals surface area contributed by atoms with Crippen LogP contribution in [0.3, 0.4) is 0 Å². The van der Waals surface area contributed by atoms with Crippen LogP contribution in [0.15, 0.2) is 42.6 Å². The lowest BCUT2D eigenvalue weighted by atomic mass is 9.68. The van der Waals surface area contributed by atoms with Crippen LogP contribution in [-0.4, -0.2) is 53.1 Å². The lowest BCUT2D eigenvalue weighted by molar-refractivity contribution is -0.133. The van der Waals surface area contributed by atoms with Gasteiger partial charge in [-0.1, -0.05) is 36.8 Å². The van der Waals surface area contributed by atoms with Crippen molar-refractivity contribution in [3.05, 3.63) is 53.9 Å². The number of aliphatic hydroxyl groups excluding tert-OH is 1. The van der Waals surface area contributed by atoms with Crippen LogP contribution in [0.2, 0.25) is 0 Å². The Labute approximate surface area is 185 Å². The number of pyridine rings is 1. The minimum Gasteiger partial charge on any atom is -0.386 e. The molecule has 1 aliphatic heterocycles. The minimum atomic E-state index is -3.26. The zero-order valence-corrected chi connectivity index (χ0v) is 17.8. The van der Waals surface area contributed by atoms with Gasteiger partial charge < -0.3 is 10.4 Å². The molecule has 32 heavy (non-hydrogen) atoms. The third-order valence-electron chi connectivity index (χ3n) is 6.80. The van der Waals surface area contributed by atoms with E-state index < -0.39 is 31.2 Å². The van der Waals surface area contributed by atoms with Crippen molar-refractivity contribution in [2.45, 2.75) is 50.8 Å². The van der Waals surface area contributed by atoms with Gasteiger partial charge in [0.15, 0.2) is 0 Å². The maximum Gasteiger partial charge on any atom is 0.315 e. The first kappa shape index (κ1) is 22.7. The van der Waals surface area contributed by atoms with Crippen LogP contribution in [-0.2, 0) is 11.3 Å². The van der Waals surface area contributed by atoms with Gasteiger partial charge in [-0.3, -0.25) is 14.7 Å². The molecule has 1 spiro atoms. The summed E-state index contributed by atoms with van der Waals surface area (Å²) >= 11 is 0. The Kier molecular flexibility index (Phi) is 6.81. The summed E-state index contributed by atoms with van der Waals surface area (Å²) in [7, 11) is 0. The fourth-order valence-electron chi connectivity index (χ4n) is 4.72. The van der Waals surface area contributed by atoms with Gasteiger partial charge in [0.25, 0.3) is 5.91 Å². The number of nitrogens with zero attached hydrogens (tertiary/aromatic N) is 2. The number of hydrogen-bond acceptors (Lipinski definition) is 4. The third-order valence-corrected chi connectivity index (χ3v) is 6.80. The quantitative estimate of drug-likeness (QED) is 0.645. The van der Waals surface area contributed by atoms with Crippen LogP contribution >= 0.6 is 0 Å². The first-order valence-corrected chi connectivity index (χ1v) is 11.0. The summed E-state index contributed by atoms with van der Waals surface area (Å²) < 4.78 is 38.0. The lowest BCUT2D eigenvalue weighted by Crippen LogP contribution is -2.43. The third kappa shape index (κ3) is 4.96. The van der Waals surface area contributed by atoms with E-state index in [1.807, 2.05) is 23.6 Å². The number of nitrogens with one attached hydrogen (secondary N) is 1. The zero-order chi connectivity index (χ0) is 22.7. The number of benzene rings is 1. The van der Waals surface area contributed by atoms with Gasteiger partial charge in [-0.25, -0.2) is 4.39 Å². The van der Waals surface area contributed by atoms with E-state index in [-0.39, 0.29) is 0 Å². The molecule has 1 saturated heterocycles. The monoisotopic (exact) mass is 447 g/mol. The van der Waals surface area contributed by atoms with E-state index in [1.54, 1.807) is 24.3 Å². The predicted octanol–water partition coefficient (Wildman–Crippen LogP) is 3.88. The van der Waals surface area contributed by atoms with E-state index in [9.17, 15) is 23.1 Å². The Balaban J connectivity index is 1.36. The maximum absolute atomic E-state index is 13.2. The second-order valence-corrected chi connectivity index (χ2v) is 8.99. The smallest absolute Gasteiger partial charge is 0.315 e. The normalized spacial score (nSPS) is 19.7. The Bertz CT molecular complexity index is 917. The molecule has 2 aliphatic rings. The first-order chi connectivity index (χ1) is 15.4. The van der Waals surface area contributed by atoms with Crippen molar-refractivity contribution in [3.63, 3.8) is 0 Å². The van der Waals surface area contributed by atoms with Crippen molar-refractivity contribution >= 4 is 5.91 Å². The summed E-state index contributed by atoms with van der Waals surface area (Å²) in [4.78, 5) is 18.2. The molecule has 1 amide bonds. The van der Waals surface area contributed by atoms with Gasteiger partial charge in [-0.05, 0) is 48.4 Å². The van der Waals surface area contributed by atoms with Crippen LogP contribution < -0.4 is 5.32 Å². The molecule has 2 N–H and O–H groups in total. The second-order valence-electron chi connectivity index (χ2n) is 8.99. The fourth-order valence-corrected chi connectivity index (χ4v) is 4.72. The molecule has 8 heteroatoms. The molecule has 1 aromatic heterocycles. The molecule has 2 atom stereocenters.